The topological polar surface area (TPSA) is 166 Å². The molecular formula is C14H15N3O6. The number of rotatable bonds is 4. The fourth-order valence-electron chi connectivity index (χ4n) is 1.54. The van der Waals surface area contributed by atoms with Crippen molar-refractivity contribution in [3.63, 3.8) is 0 Å². The molecule has 0 amide bonds. The number of H-pyrrole nitrogens is 2. The Labute approximate surface area is 129 Å². The molecule has 0 fully saturated rings. The first kappa shape index (κ1) is 17.9. The van der Waals surface area contributed by atoms with Crippen LogP contribution in [-0.4, -0.2) is 38.2 Å². The van der Waals surface area contributed by atoms with Crippen LogP contribution in [0.4, 0.5) is 0 Å². The lowest BCUT2D eigenvalue weighted by atomic mass is 10.1. The van der Waals surface area contributed by atoms with E-state index in [1.807, 2.05) is 40.3 Å². The maximum atomic E-state index is 10.5. The van der Waals surface area contributed by atoms with Gasteiger partial charge in [0.1, 0.15) is 11.7 Å². The number of hydrogen-bond donors (Lipinski definition) is 5. The van der Waals surface area contributed by atoms with Crippen molar-refractivity contribution in [2.45, 2.75) is 12.5 Å². The zero-order valence-corrected chi connectivity index (χ0v) is 11.9. The Morgan fingerprint density at radius 2 is 1.70 bits per heavy atom. The summed E-state index contributed by atoms with van der Waals surface area (Å²) in [4.78, 5) is 45.3. The maximum Gasteiger partial charge on any atom is 0.352 e. The number of carboxylic acids is 2. The smallest absolute Gasteiger partial charge is 0.352 e. The van der Waals surface area contributed by atoms with Gasteiger partial charge in [-0.2, -0.15) is 0 Å². The molecular weight excluding hydrogens is 306 g/mol. The molecule has 0 aliphatic carbocycles. The van der Waals surface area contributed by atoms with Crippen LogP contribution in [-0.2, 0) is 11.2 Å². The van der Waals surface area contributed by atoms with Crippen molar-refractivity contribution in [2.75, 3.05) is 0 Å². The highest BCUT2D eigenvalue weighted by molar-refractivity contribution is 5.84. The van der Waals surface area contributed by atoms with Crippen LogP contribution in [0.2, 0.25) is 0 Å². The average molecular weight is 321 g/mol. The predicted molar refractivity (Wildman–Crippen MR) is 80.4 cm³/mol. The van der Waals surface area contributed by atoms with E-state index in [-0.39, 0.29) is 0 Å². The summed E-state index contributed by atoms with van der Waals surface area (Å²) in [6.07, 6.45) is 0.385. The van der Waals surface area contributed by atoms with Crippen molar-refractivity contribution in [1.29, 1.82) is 0 Å². The number of nitrogens with two attached hydrogens (primary N) is 1. The molecule has 0 saturated carbocycles. The molecule has 9 heteroatoms. The third-order valence-electron chi connectivity index (χ3n) is 2.61. The highest BCUT2D eigenvalue weighted by atomic mass is 16.4. The SMILES string of the molecule is N[C@@H](Cc1ccccc1)C(=O)O.O=C(O)c1cc(=O)[nH]c(=O)[nH]1. The number of benzene rings is 1. The Hall–Kier alpha value is -3.20. The van der Waals surface area contributed by atoms with Crippen molar-refractivity contribution in [3.05, 3.63) is 68.5 Å². The lowest BCUT2D eigenvalue weighted by Crippen LogP contribution is -2.32. The van der Waals surface area contributed by atoms with Crippen molar-refractivity contribution < 1.29 is 19.8 Å². The second-order valence-electron chi connectivity index (χ2n) is 4.44. The summed E-state index contributed by atoms with van der Waals surface area (Å²) < 4.78 is 0. The van der Waals surface area contributed by atoms with Gasteiger partial charge in [0, 0.05) is 6.07 Å². The molecule has 1 aromatic heterocycles. The molecule has 1 aromatic carbocycles. The monoisotopic (exact) mass is 321 g/mol. The van der Waals surface area contributed by atoms with Gasteiger partial charge in [0.05, 0.1) is 0 Å². The maximum absolute atomic E-state index is 10.5. The number of nitrogens with one attached hydrogen (secondary N) is 2. The van der Waals surface area contributed by atoms with E-state index < -0.39 is 34.9 Å². The molecule has 0 aliphatic heterocycles. The number of aliphatic carboxylic acids is 1. The van der Waals surface area contributed by atoms with Crippen molar-refractivity contribution >= 4 is 11.9 Å². The van der Waals surface area contributed by atoms with Gasteiger partial charge < -0.3 is 20.9 Å². The van der Waals surface area contributed by atoms with Crippen LogP contribution < -0.4 is 17.0 Å². The molecule has 2 aromatic rings. The minimum absolute atomic E-state index is 0.385. The van der Waals surface area contributed by atoms with Gasteiger partial charge in [-0.05, 0) is 12.0 Å². The summed E-state index contributed by atoms with van der Waals surface area (Å²) in [5, 5.41) is 16.8. The van der Waals surface area contributed by atoms with Crippen LogP contribution in [0, 0.1) is 0 Å². The highest BCUT2D eigenvalue weighted by Crippen LogP contribution is 2.01. The third-order valence-corrected chi connectivity index (χ3v) is 2.61. The fourth-order valence-corrected chi connectivity index (χ4v) is 1.54. The highest BCUT2D eigenvalue weighted by Gasteiger charge is 2.10. The Bertz CT molecular complexity index is 753. The van der Waals surface area contributed by atoms with Crippen LogP contribution in [0.1, 0.15) is 16.1 Å². The molecule has 2 rings (SSSR count). The number of aromatic nitrogens is 2. The molecule has 1 heterocycles. The van der Waals surface area contributed by atoms with Crippen LogP contribution >= 0.6 is 0 Å². The first-order chi connectivity index (χ1) is 10.8. The zero-order chi connectivity index (χ0) is 17.4. The van der Waals surface area contributed by atoms with Crippen LogP contribution in [0.3, 0.4) is 0 Å². The second kappa shape index (κ2) is 8.29. The van der Waals surface area contributed by atoms with E-state index in [2.05, 4.69) is 0 Å². The first-order valence-corrected chi connectivity index (χ1v) is 6.39. The van der Waals surface area contributed by atoms with E-state index >= 15 is 0 Å². The number of carbonyl (C=O) groups is 2. The summed E-state index contributed by atoms with van der Waals surface area (Å²) in [5.41, 5.74) is 4.33. The van der Waals surface area contributed by atoms with E-state index in [9.17, 15) is 19.2 Å². The molecule has 0 bridgehead atoms. The fraction of sp³-hybridized carbons (Fsp3) is 0.143. The normalized spacial score (nSPS) is 11.0. The predicted octanol–water partition coefficient (Wildman–Crippen LogP) is -0.598. The first-order valence-electron chi connectivity index (χ1n) is 6.39. The summed E-state index contributed by atoms with van der Waals surface area (Å²) in [5.74, 6) is -2.30. The average Bonchev–Trinajstić information content (AvgIpc) is 2.47. The van der Waals surface area contributed by atoms with E-state index in [0.29, 0.717) is 6.42 Å². The number of hydrogen-bond acceptors (Lipinski definition) is 5. The number of aromatic amines is 2. The second-order valence-corrected chi connectivity index (χ2v) is 4.44. The number of aromatic carboxylic acids is 1. The minimum Gasteiger partial charge on any atom is -0.480 e. The van der Waals surface area contributed by atoms with E-state index in [1.54, 1.807) is 0 Å². The van der Waals surface area contributed by atoms with Crippen molar-refractivity contribution in [2.24, 2.45) is 5.73 Å². The summed E-state index contributed by atoms with van der Waals surface area (Å²) in [6, 6.07) is 9.34. The molecule has 9 nitrogen and oxygen atoms in total. The van der Waals surface area contributed by atoms with E-state index in [1.165, 1.54) is 0 Å². The lowest BCUT2D eigenvalue weighted by molar-refractivity contribution is -0.138. The van der Waals surface area contributed by atoms with Gasteiger partial charge >= 0.3 is 17.6 Å². The minimum atomic E-state index is -1.34. The van der Waals surface area contributed by atoms with Crippen molar-refractivity contribution in [1.82, 2.24) is 9.97 Å². The van der Waals surface area contributed by atoms with Crippen LogP contribution in [0.25, 0.3) is 0 Å². The van der Waals surface area contributed by atoms with Gasteiger partial charge in [-0.25, -0.2) is 9.59 Å². The number of carboxylic acid groups (broad SMARTS) is 2. The van der Waals surface area contributed by atoms with Crippen molar-refractivity contribution in [3.8, 4) is 0 Å². The largest absolute Gasteiger partial charge is 0.480 e. The summed E-state index contributed by atoms with van der Waals surface area (Å²) >= 11 is 0. The Balaban J connectivity index is 0.000000231. The van der Waals surface area contributed by atoms with Crippen LogP contribution in [0.15, 0.2) is 46.0 Å². The lowest BCUT2D eigenvalue weighted by Gasteiger charge is -2.04. The summed E-state index contributed by atoms with van der Waals surface area (Å²) in [6.45, 7) is 0. The van der Waals surface area contributed by atoms with E-state index in [0.717, 1.165) is 11.6 Å². The van der Waals surface area contributed by atoms with E-state index in [4.69, 9.17) is 15.9 Å². The standard InChI is InChI=1S/C9H11NO2.C5H4N2O4/c10-8(9(11)12)6-7-4-2-1-3-5-7;8-3-1-2(4(9)10)6-5(11)7-3/h1-5,8H,6,10H2,(H,11,12);1H,(H,9,10)(H2,6,7,8,11)/t8-;/m0./s1. The molecule has 0 radical (unpaired) electrons. The Morgan fingerprint density at radius 3 is 2.17 bits per heavy atom. The Morgan fingerprint density at radius 1 is 1.09 bits per heavy atom. The van der Waals surface area contributed by atoms with Crippen LogP contribution in [0.5, 0.6) is 0 Å². The quantitative estimate of drug-likeness (QED) is 0.501. The molecule has 122 valence electrons. The molecule has 6 N–H and O–H groups in total. The van der Waals surface area contributed by atoms with Gasteiger partial charge in [-0.3, -0.25) is 14.6 Å². The third kappa shape index (κ3) is 6.40. The molecule has 0 aliphatic rings. The molecule has 0 saturated heterocycles. The van der Waals surface area contributed by atoms with Gasteiger partial charge in [-0.1, -0.05) is 30.3 Å². The molecule has 1 atom stereocenters. The molecule has 0 spiro atoms. The van der Waals surface area contributed by atoms with Gasteiger partial charge in [0.2, 0.25) is 0 Å². The zero-order valence-electron chi connectivity index (χ0n) is 11.9. The summed E-state index contributed by atoms with van der Waals surface area (Å²) in [7, 11) is 0. The van der Waals surface area contributed by atoms with Gasteiger partial charge in [0.15, 0.2) is 0 Å². The molecule has 23 heavy (non-hydrogen) atoms. The Kier molecular flexibility index (Phi) is 6.44. The van der Waals surface area contributed by atoms with Gasteiger partial charge in [-0.15, -0.1) is 0 Å². The molecule has 0 unspecified atom stereocenters. The van der Waals surface area contributed by atoms with Gasteiger partial charge in [0.25, 0.3) is 5.56 Å².